The highest BCUT2D eigenvalue weighted by atomic mass is 79.9. The van der Waals surface area contributed by atoms with Crippen LogP contribution in [-0.4, -0.2) is 5.08 Å². The van der Waals surface area contributed by atoms with Gasteiger partial charge in [0.1, 0.15) is 0 Å². The van der Waals surface area contributed by atoms with Gasteiger partial charge in [-0.3, -0.25) is 0 Å². The van der Waals surface area contributed by atoms with E-state index in [-0.39, 0.29) is 0 Å². The molecule has 1 radical (unpaired) electrons. The molecule has 0 amide bonds. The summed E-state index contributed by atoms with van der Waals surface area (Å²) in [6, 6.07) is 8.29. The average molecular weight is 281 g/mol. The van der Waals surface area contributed by atoms with Gasteiger partial charge in [0.05, 0.1) is 0 Å². The summed E-state index contributed by atoms with van der Waals surface area (Å²) < 4.78 is 13.4. The summed E-state index contributed by atoms with van der Waals surface area (Å²) in [4.78, 5) is 0. The van der Waals surface area contributed by atoms with Crippen LogP contribution in [0, 0.1) is 6.07 Å². The van der Waals surface area contributed by atoms with E-state index in [0.29, 0.717) is 6.42 Å². The maximum atomic E-state index is 12.5. The molecule has 0 aliphatic rings. The lowest BCUT2D eigenvalue weighted by molar-refractivity contribution is 0.460. The highest BCUT2D eigenvalue weighted by molar-refractivity contribution is 9.10. The molecule has 11 heavy (non-hydrogen) atoms. The van der Waals surface area contributed by atoms with E-state index in [2.05, 4.69) is 37.9 Å². The van der Waals surface area contributed by atoms with Gasteiger partial charge in [-0.2, -0.15) is 0 Å². The maximum Gasteiger partial charge on any atom is 0.158 e. The Hall–Kier alpha value is 0.110. The lowest BCUT2D eigenvalue weighted by atomic mass is 10.2. The topological polar surface area (TPSA) is 0 Å². The minimum absolute atomic E-state index is 0.384. The van der Waals surface area contributed by atoms with Gasteiger partial charge in [-0.25, -0.2) is 4.39 Å². The molecule has 1 aromatic rings. The van der Waals surface area contributed by atoms with Crippen LogP contribution in [0.3, 0.4) is 0 Å². The van der Waals surface area contributed by atoms with Gasteiger partial charge in [0.15, 0.2) is 5.08 Å². The van der Waals surface area contributed by atoms with Gasteiger partial charge in [0.25, 0.3) is 0 Å². The van der Waals surface area contributed by atoms with E-state index in [9.17, 15) is 4.39 Å². The predicted octanol–water partition coefficient (Wildman–Crippen LogP) is 3.48. The third-order valence-corrected chi connectivity index (χ3v) is 2.33. The predicted molar refractivity (Wildman–Crippen MR) is 50.5 cm³/mol. The number of alkyl halides is 2. The van der Waals surface area contributed by atoms with E-state index < -0.39 is 5.08 Å². The first-order chi connectivity index (χ1) is 5.20. The summed E-state index contributed by atoms with van der Waals surface area (Å²) in [5.41, 5.74) is 0.952. The molecule has 1 rings (SSSR count). The lowest BCUT2D eigenvalue weighted by Crippen LogP contribution is -1.94. The molecule has 3 heteroatoms. The zero-order valence-corrected chi connectivity index (χ0v) is 8.82. The van der Waals surface area contributed by atoms with Crippen molar-refractivity contribution < 1.29 is 4.39 Å². The monoisotopic (exact) mass is 279 g/mol. The largest absolute Gasteiger partial charge is 0.235 e. The maximum absolute atomic E-state index is 12.5. The molecule has 0 aliphatic carbocycles. The number of rotatable bonds is 2. The van der Waals surface area contributed by atoms with Gasteiger partial charge < -0.3 is 0 Å². The highest BCUT2D eigenvalue weighted by Crippen LogP contribution is 2.19. The lowest BCUT2D eigenvalue weighted by Gasteiger charge is -2.02. The van der Waals surface area contributed by atoms with Gasteiger partial charge in [-0.15, -0.1) is 0 Å². The summed E-state index contributed by atoms with van der Waals surface area (Å²) in [6.45, 7) is 0. The Morgan fingerprint density at radius 1 is 1.64 bits per heavy atom. The summed E-state index contributed by atoms with van der Waals surface area (Å²) in [7, 11) is 0. The Labute approximate surface area is 82.1 Å². The molecular weight excluding hydrogens is 275 g/mol. The summed E-state index contributed by atoms with van der Waals surface area (Å²) >= 11 is 6.15. The van der Waals surface area contributed by atoms with Crippen molar-refractivity contribution in [1.29, 1.82) is 0 Å². The zero-order chi connectivity index (χ0) is 8.27. The van der Waals surface area contributed by atoms with Gasteiger partial charge in [-0.1, -0.05) is 44.0 Å². The Balaban J connectivity index is 2.78. The van der Waals surface area contributed by atoms with Crippen molar-refractivity contribution in [2.75, 3.05) is 0 Å². The fourth-order valence-electron chi connectivity index (χ4n) is 0.774. The summed E-state index contributed by atoms with van der Waals surface area (Å²) in [5, 5.41) is -0.971. The third-order valence-electron chi connectivity index (χ3n) is 1.27. The number of hydrogen-bond acceptors (Lipinski definition) is 0. The second-order valence-corrected chi connectivity index (χ2v) is 3.96. The Bertz CT molecular complexity index is 235. The first-order valence-electron chi connectivity index (χ1n) is 3.13. The first kappa shape index (κ1) is 9.20. The quantitative estimate of drug-likeness (QED) is 0.728. The van der Waals surface area contributed by atoms with Crippen LogP contribution in [0.5, 0.6) is 0 Å². The molecule has 1 atom stereocenters. The molecule has 0 spiro atoms. The number of halogens is 3. The summed E-state index contributed by atoms with van der Waals surface area (Å²) in [5.74, 6) is 0. The van der Waals surface area contributed by atoms with Crippen LogP contribution in [0.1, 0.15) is 5.56 Å². The Kier molecular flexibility index (Phi) is 3.52. The third kappa shape index (κ3) is 2.91. The minimum atomic E-state index is -0.971. The van der Waals surface area contributed by atoms with Crippen molar-refractivity contribution in [3.05, 3.63) is 34.3 Å². The van der Waals surface area contributed by atoms with Crippen molar-refractivity contribution >= 4 is 31.9 Å². The number of hydrogen-bond donors (Lipinski definition) is 0. The molecule has 0 saturated carbocycles. The molecule has 0 saturated heterocycles. The van der Waals surface area contributed by atoms with Crippen molar-refractivity contribution in [1.82, 2.24) is 0 Å². The zero-order valence-electron chi connectivity index (χ0n) is 5.65. The molecule has 1 unspecified atom stereocenters. The van der Waals surface area contributed by atoms with E-state index in [4.69, 9.17) is 0 Å². The Morgan fingerprint density at radius 3 is 2.91 bits per heavy atom. The van der Waals surface area contributed by atoms with Crippen LogP contribution in [0.4, 0.5) is 4.39 Å². The van der Waals surface area contributed by atoms with E-state index in [1.54, 1.807) is 12.1 Å². The van der Waals surface area contributed by atoms with Crippen LogP contribution < -0.4 is 0 Å². The molecule has 59 valence electrons. The van der Waals surface area contributed by atoms with Gasteiger partial charge >= 0.3 is 0 Å². The fraction of sp³-hybridized carbons (Fsp3) is 0.250. The molecule has 0 aliphatic heterocycles. The molecule has 0 heterocycles. The van der Waals surface area contributed by atoms with Crippen molar-refractivity contribution in [3.63, 3.8) is 0 Å². The second kappa shape index (κ2) is 4.21. The smallest absolute Gasteiger partial charge is 0.158 e. The molecule has 0 fully saturated rings. The van der Waals surface area contributed by atoms with Crippen LogP contribution in [-0.2, 0) is 6.42 Å². The average Bonchev–Trinajstić information content (AvgIpc) is 1.93. The van der Waals surface area contributed by atoms with E-state index in [0.717, 1.165) is 10.0 Å². The fourth-order valence-corrected chi connectivity index (χ4v) is 1.55. The van der Waals surface area contributed by atoms with E-state index in [1.165, 1.54) is 0 Å². The molecule has 0 bridgehead atoms. The van der Waals surface area contributed by atoms with Crippen molar-refractivity contribution in [3.8, 4) is 0 Å². The van der Waals surface area contributed by atoms with Crippen LogP contribution >= 0.6 is 31.9 Å². The molecule has 1 aromatic carbocycles. The summed E-state index contributed by atoms with van der Waals surface area (Å²) in [6.07, 6.45) is 0.384. The van der Waals surface area contributed by atoms with Gasteiger partial charge in [0, 0.05) is 10.9 Å². The molecule has 0 N–H and O–H groups in total. The van der Waals surface area contributed by atoms with Crippen LogP contribution in [0.2, 0.25) is 0 Å². The molecular formula is C8H6Br2F. The van der Waals surface area contributed by atoms with Gasteiger partial charge in [0.2, 0.25) is 0 Å². The second-order valence-electron chi connectivity index (χ2n) is 2.11. The minimum Gasteiger partial charge on any atom is -0.235 e. The first-order valence-corrected chi connectivity index (χ1v) is 4.83. The van der Waals surface area contributed by atoms with Crippen molar-refractivity contribution in [2.24, 2.45) is 0 Å². The molecule has 0 nitrogen and oxygen atoms in total. The van der Waals surface area contributed by atoms with E-state index in [1.807, 2.05) is 6.07 Å². The SMILES string of the molecule is FC(Br)Cc1cc[c]cc1Br. The van der Waals surface area contributed by atoms with Gasteiger partial charge in [-0.05, 0) is 17.7 Å². The van der Waals surface area contributed by atoms with Crippen LogP contribution in [0.25, 0.3) is 0 Å². The Morgan fingerprint density at radius 2 is 2.36 bits per heavy atom. The molecule has 0 aromatic heterocycles. The normalized spacial score (nSPS) is 13.0. The number of benzene rings is 1. The van der Waals surface area contributed by atoms with Crippen molar-refractivity contribution in [2.45, 2.75) is 11.5 Å². The highest BCUT2D eigenvalue weighted by Gasteiger charge is 2.04. The van der Waals surface area contributed by atoms with E-state index >= 15 is 0 Å². The standard InChI is InChI=1S/C8H6Br2F/c9-7-4-2-1-3-6(7)5-8(10)11/h1,3-4,8H,5H2. The van der Waals surface area contributed by atoms with Crippen LogP contribution in [0.15, 0.2) is 22.7 Å².